The van der Waals surface area contributed by atoms with Crippen molar-refractivity contribution in [2.24, 2.45) is 0 Å². The topological polar surface area (TPSA) is 37.4 Å². The van der Waals surface area contributed by atoms with E-state index in [0.717, 1.165) is 11.9 Å². The van der Waals surface area contributed by atoms with Crippen LogP contribution in [0.5, 0.6) is 0 Å². The summed E-state index contributed by atoms with van der Waals surface area (Å²) >= 11 is 0. The van der Waals surface area contributed by atoms with Crippen LogP contribution in [0.25, 0.3) is 4.91 Å². The van der Waals surface area contributed by atoms with Crippen LogP contribution in [0.3, 0.4) is 0 Å². The molecule has 15 heavy (non-hydrogen) atoms. The predicted octanol–water partition coefficient (Wildman–Crippen LogP) is 1.77. The van der Waals surface area contributed by atoms with Crippen molar-refractivity contribution in [3.63, 3.8) is 0 Å². The minimum absolute atomic E-state index is 0.160. The molecule has 0 atom stereocenters. The maximum atomic E-state index is 11.2. The Kier molecular flexibility index (Phi) is 3.19. The third kappa shape index (κ3) is 2.83. The number of hydrogen-bond acceptors (Lipinski definition) is 3. The van der Waals surface area contributed by atoms with Gasteiger partial charge in [0, 0.05) is 26.0 Å². The number of benzene rings is 1. The molecule has 0 aliphatic carbocycles. The summed E-state index contributed by atoms with van der Waals surface area (Å²) in [6.07, 6.45) is 1.16. The second kappa shape index (κ2) is 4.06. The lowest BCUT2D eigenvalue weighted by Crippen LogP contribution is -2.08. The molecular formula is C11H15NO2S. The normalized spacial score (nSPS) is 11.1. The highest BCUT2D eigenvalue weighted by molar-refractivity contribution is 7.99. The Morgan fingerprint density at radius 3 is 2.00 bits per heavy atom. The van der Waals surface area contributed by atoms with Crippen LogP contribution >= 0.6 is 0 Å². The number of anilines is 1. The molecule has 0 aromatic heterocycles. The molecule has 1 aromatic carbocycles. The highest BCUT2D eigenvalue weighted by Gasteiger charge is 2.10. The zero-order valence-corrected chi connectivity index (χ0v) is 10.0. The number of nitrogens with zero attached hydrogens (tertiary/aromatic N) is 1. The van der Waals surface area contributed by atoms with Gasteiger partial charge in [-0.15, -0.1) is 0 Å². The van der Waals surface area contributed by atoms with E-state index < -0.39 is 9.84 Å². The van der Waals surface area contributed by atoms with Gasteiger partial charge in [0.15, 0.2) is 9.84 Å². The van der Waals surface area contributed by atoms with Crippen LogP contribution < -0.4 is 4.90 Å². The molecule has 0 bridgehead atoms. The van der Waals surface area contributed by atoms with Crippen molar-refractivity contribution in [2.45, 2.75) is 0 Å². The van der Waals surface area contributed by atoms with Gasteiger partial charge < -0.3 is 4.90 Å². The highest BCUT2D eigenvalue weighted by atomic mass is 32.2. The van der Waals surface area contributed by atoms with Crippen LogP contribution in [0.15, 0.2) is 30.8 Å². The molecule has 0 aliphatic heterocycles. The summed E-state index contributed by atoms with van der Waals surface area (Å²) in [5.74, 6) is 0. The third-order valence-corrected chi connectivity index (χ3v) is 3.28. The molecule has 0 heterocycles. The van der Waals surface area contributed by atoms with Crippen LogP contribution in [0.1, 0.15) is 5.56 Å². The Balaban J connectivity index is 3.05. The van der Waals surface area contributed by atoms with Crippen molar-refractivity contribution >= 4 is 20.4 Å². The fraction of sp³-hybridized carbons (Fsp3) is 0.273. The molecule has 0 spiro atoms. The quantitative estimate of drug-likeness (QED) is 0.786. The van der Waals surface area contributed by atoms with E-state index in [1.165, 1.54) is 0 Å². The zero-order chi connectivity index (χ0) is 11.6. The Morgan fingerprint density at radius 2 is 1.67 bits per heavy atom. The Labute approximate surface area is 91.0 Å². The van der Waals surface area contributed by atoms with Crippen LogP contribution in [0.4, 0.5) is 5.69 Å². The first-order chi connectivity index (χ1) is 6.82. The summed E-state index contributed by atoms with van der Waals surface area (Å²) in [5.41, 5.74) is 1.67. The van der Waals surface area contributed by atoms with Crippen molar-refractivity contribution in [3.05, 3.63) is 36.4 Å². The van der Waals surface area contributed by atoms with E-state index in [1.807, 2.05) is 31.1 Å². The first kappa shape index (κ1) is 11.8. The number of sulfone groups is 1. The lowest BCUT2D eigenvalue weighted by Gasteiger charge is -2.12. The molecule has 1 aromatic rings. The fourth-order valence-electron chi connectivity index (χ4n) is 1.16. The second-order valence-electron chi connectivity index (χ2n) is 3.64. The minimum Gasteiger partial charge on any atom is -0.378 e. The molecule has 82 valence electrons. The largest absolute Gasteiger partial charge is 0.378 e. The van der Waals surface area contributed by atoms with Crippen molar-refractivity contribution in [1.82, 2.24) is 0 Å². The predicted molar refractivity (Wildman–Crippen MR) is 64.6 cm³/mol. The Morgan fingerprint density at radius 1 is 1.20 bits per heavy atom. The number of hydrogen-bond donors (Lipinski definition) is 0. The van der Waals surface area contributed by atoms with Crippen LogP contribution in [-0.2, 0) is 9.84 Å². The third-order valence-electron chi connectivity index (χ3n) is 2.15. The maximum Gasteiger partial charge on any atom is 0.175 e. The molecule has 0 aliphatic rings. The van der Waals surface area contributed by atoms with Crippen molar-refractivity contribution in [2.75, 3.05) is 25.3 Å². The average molecular weight is 225 g/mol. The van der Waals surface area contributed by atoms with Gasteiger partial charge in [0.05, 0.1) is 4.91 Å². The van der Waals surface area contributed by atoms with E-state index in [0.29, 0.717) is 5.56 Å². The average Bonchev–Trinajstić information content (AvgIpc) is 2.15. The van der Waals surface area contributed by atoms with Gasteiger partial charge in [0.1, 0.15) is 0 Å². The van der Waals surface area contributed by atoms with Gasteiger partial charge in [-0.25, -0.2) is 8.42 Å². The molecule has 0 N–H and O–H groups in total. The summed E-state index contributed by atoms with van der Waals surface area (Å²) in [6, 6.07) is 7.26. The summed E-state index contributed by atoms with van der Waals surface area (Å²) in [5, 5.41) is 0. The minimum atomic E-state index is -3.20. The van der Waals surface area contributed by atoms with E-state index in [9.17, 15) is 8.42 Å². The molecule has 0 saturated heterocycles. The van der Waals surface area contributed by atoms with E-state index in [2.05, 4.69) is 6.58 Å². The van der Waals surface area contributed by atoms with Gasteiger partial charge in [-0.1, -0.05) is 18.7 Å². The van der Waals surface area contributed by atoms with Crippen LogP contribution in [-0.4, -0.2) is 28.8 Å². The van der Waals surface area contributed by atoms with Gasteiger partial charge in [-0.2, -0.15) is 0 Å². The summed E-state index contributed by atoms with van der Waals surface area (Å²) in [7, 11) is 0.665. The molecule has 4 heteroatoms. The van der Waals surface area contributed by atoms with Crippen molar-refractivity contribution < 1.29 is 8.42 Å². The fourth-order valence-corrected chi connectivity index (χ4v) is 1.72. The van der Waals surface area contributed by atoms with Gasteiger partial charge >= 0.3 is 0 Å². The maximum absolute atomic E-state index is 11.2. The van der Waals surface area contributed by atoms with Crippen LogP contribution in [0, 0.1) is 0 Å². The van der Waals surface area contributed by atoms with Gasteiger partial charge in [-0.05, 0) is 17.7 Å². The molecule has 0 fully saturated rings. The molecular weight excluding hydrogens is 210 g/mol. The van der Waals surface area contributed by atoms with E-state index >= 15 is 0 Å². The molecule has 0 radical (unpaired) electrons. The summed E-state index contributed by atoms with van der Waals surface area (Å²) in [4.78, 5) is 2.11. The lowest BCUT2D eigenvalue weighted by atomic mass is 10.2. The zero-order valence-electron chi connectivity index (χ0n) is 9.19. The molecule has 0 amide bonds. The molecule has 0 unspecified atom stereocenters. The van der Waals surface area contributed by atoms with E-state index in [1.54, 1.807) is 12.1 Å². The Hall–Kier alpha value is -1.29. The van der Waals surface area contributed by atoms with Gasteiger partial charge in [-0.3, -0.25) is 0 Å². The van der Waals surface area contributed by atoms with E-state index in [4.69, 9.17) is 0 Å². The molecule has 1 rings (SSSR count). The first-order valence-electron chi connectivity index (χ1n) is 4.49. The van der Waals surface area contributed by atoms with Gasteiger partial charge in [0.2, 0.25) is 0 Å². The van der Waals surface area contributed by atoms with E-state index in [-0.39, 0.29) is 4.91 Å². The lowest BCUT2D eigenvalue weighted by molar-refractivity contribution is 0.611. The van der Waals surface area contributed by atoms with Crippen LogP contribution in [0.2, 0.25) is 0 Å². The van der Waals surface area contributed by atoms with Gasteiger partial charge in [0.25, 0.3) is 0 Å². The smallest absolute Gasteiger partial charge is 0.175 e. The van der Waals surface area contributed by atoms with Crippen molar-refractivity contribution in [3.8, 4) is 0 Å². The Bertz CT molecular complexity index is 458. The second-order valence-corrected chi connectivity index (χ2v) is 5.67. The van der Waals surface area contributed by atoms with Crippen molar-refractivity contribution in [1.29, 1.82) is 0 Å². The highest BCUT2D eigenvalue weighted by Crippen LogP contribution is 2.20. The number of rotatable bonds is 3. The molecule has 0 saturated carbocycles. The monoisotopic (exact) mass is 225 g/mol. The summed E-state index contributed by atoms with van der Waals surface area (Å²) < 4.78 is 22.5. The molecule has 3 nitrogen and oxygen atoms in total. The standard InChI is InChI=1S/C11H15NO2S/c1-9(15(4,13)14)10-5-7-11(8-6-10)12(2)3/h5-8H,1H2,2-4H3. The SMILES string of the molecule is C=C(c1ccc(N(C)C)cc1)S(C)(=O)=O. The summed E-state index contributed by atoms with van der Waals surface area (Å²) in [6.45, 7) is 3.57. The first-order valence-corrected chi connectivity index (χ1v) is 6.38.